The minimum Gasteiger partial charge on any atom is -0.390 e. The Bertz CT molecular complexity index is 1090. The van der Waals surface area contributed by atoms with Crippen molar-refractivity contribution in [3.8, 4) is 0 Å². The number of nitrogens with two attached hydrogens (primary N) is 3. The average molecular weight is 529 g/mol. The molecule has 0 radical (unpaired) electrons. The predicted octanol–water partition coefficient (Wildman–Crippen LogP) is 0.856. The van der Waals surface area contributed by atoms with E-state index in [0.717, 1.165) is 36.3 Å². The Morgan fingerprint density at radius 1 is 1.30 bits per heavy atom. The maximum absolute atomic E-state index is 13.0. The van der Waals surface area contributed by atoms with Gasteiger partial charge in [-0.1, -0.05) is 12.1 Å². The van der Waals surface area contributed by atoms with E-state index in [0.29, 0.717) is 43.6 Å². The van der Waals surface area contributed by atoms with Gasteiger partial charge in [0.15, 0.2) is 0 Å². The number of rotatable bonds is 6. The number of nitrogens with one attached hydrogen (secondary N) is 1. The highest BCUT2D eigenvalue weighted by Gasteiger charge is 2.44. The molecule has 4 rings (SSSR count). The number of likely N-dealkylation sites (tertiary alicyclic amines) is 1. The van der Waals surface area contributed by atoms with Crippen LogP contribution in [0, 0.1) is 11.3 Å². The van der Waals surface area contributed by atoms with Crippen molar-refractivity contribution in [2.75, 3.05) is 39.9 Å². The van der Waals surface area contributed by atoms with Gasteiger partial charge in [-0.2, -0.15) is 0 Å². The van der Waals surface area contributed by atoms with Crippen molar-refractivity contribution in [3.05, 3.63) is 53.5 Å². The Balaban J connectivity index is 0.000000886. The predicted molar refractivity (Wildman–Crippen MR) is 149 cm³/mol. The molecule has 37 heavy (non-hydrogen) atoms. The summed E-state index contributed by atoms with van der Waals surface area (Å²) in [5.74, 6) is 0.425. The van der Waals surface area contributed by atoms with Gasteiger partial charge in [0.05, 0.1) is 30.7 Å². The molecule has 0 aliphatic carbocycles. The minimum absolute atomic E-state index is 0.190. The van der Waals surface area contributed by atoms with Gasteiger partial charge >= 0.3 is 0 Å². The van der Waals surface area contributed by atoms with Crippen LogP contribution in [0.25, 0.3) is 5.70 Å². The van der Waals surface area contributed by atoms with E-state index in [-0.39, 0.29) is 11.3 Å². The molecule has 2 fully saturated rings. The number of carbonyl (C=O) groups excluding carboxylic acids is 2. The van der Waals surface area contributed by atoms with E-state index in [2.05, 4.69) is 29.4 Å². The molecule has 3 heterocycles. The van der Waals surface area contributed by atoms with Crippen LogP contribution < -0.4 is 22.5 Å². The van der Waals surface area contributed by atoms with E-state index >= 15 is 0 Å². The Kier molecular flexibility index (Phi) is 9.66. The fraction of sp³-hybridized carbons (Fsp3) is 0.440. The molecule has 200 valence electrons. The first-order chi connectivity index (χ1) is 17.7. The van der Waals surface area contributed by atoms with E-state index in [9.17, 15) is 9.59 Å². The normalized spacial score (nSPS) is 21.9. The molecule has 1 aromatic rings. The van der Waals surface area contributed by atoms with Gasteiger partial charge in [-0.3, -0.25) is 14.4 Å². The Labute approximate surface area is 220 Å². The van der Waals surface area contributed by atoms with E-state index < -0.39 is 5.91 Å². The second-order valence-corrected chi connectivity index (χ2v) is 9.79. The smallest absolute Gasteiger partial charge is 0.248 e. The summed E-state index contributed by atoms with van der Waals surface area (Å²) >= 11 is 0. The van der Waals surface area contributed by atoms with Crippen molar-refractivity contribution < 1.29 is 14.3 Å². The third-order valence-electron chi connectivity index (χ3n) is 6.64. The molecule has 11 nitrogen and oxygen atoms in total. The highest BCUT2D eigenvalue weighted by Crippen LogP contribution is 2.32. The molecular formula is C25H37N8O3P. The maximum Gasteiger partial charge on any atom is 0.248 e. The second-order valence-electron chi connectivity index (χ2n) is 9.49. The number of amides is 2. The average Bonchev–Trinajstić information content (AvgIpc) is 2.89. The van der Waals surface area contributed by atoms with Crippen LogP contribution in [-0.4, -0.2) is 73.7 Å². The molecule has 3 aliphatic heterocycles. The highest BCUT2D eigenvalue weighted by molar-refractivity contribution is 7.14. The van der Waals surface area contributed by atoms with Crippen molar-refractivity contribution in [1.82, 2.24) is 15.1 Å². The lowest BCUT2D eigenvalue weighted by atomic mass is 9.85. The number of amidine groups is 1. The van der Waals surface area contributed by atoms with Gasteiger partial charge < -0.3 is 37.1 Å². The Hall–Kier alpha value is -3.43. The number of primary amides is 1. The van der Waals surface area contributed by atoms with Gasteiger partial charge in [-0.05, 0) is 52.8 Å². The van der Waals surface area contributed by atoms with Crippen molar-refractivity contribution in [2.45, 2.75) is 19.8 Å². The summed E-state index contributed by atoms with van der Waals surface area (Å²) in [6.45, 7) is 5.20. The summed E-state index contributed by atoms with van der Waals surface area (Å²) in [6.07, 6.45) is 6.84. The number of hydrogen-bond donors (Lipinski definition) is 4. The molecule has 2 atom stereocenters. The molecule has 0 saturated carbocycles. The SMILES string of the molecule is CN/C(=C1/C(N)=NC=CN1C[C@@H]1CCCN(C(=O)C2(C)COC2)C1)c1ccc(C(N)=O)cc1.N/C=N\P. The van der Waals surface area contributed by atoms with E-state index in [1.165, 1.54) is 6.34 Å². The Morgan fingerprint density at radius 2 is 1.95 bits per heavy atom. The summed E-state index contributed by atoms with van der Waals surface area (Å²) in [6, 6.07) is 7.07. The summed E-state index contributed by atoms with van der Waals surface area (Å²) in [5, 5.41) is 3.25. The Morgan fingerprint density at radius 3 is 2.49 bits per heavy atom. The molecule has 2 saturated heterocycles. The van der Waals surface area contributed by atoms with Gasteiger partial charge in [0, 0.05) is 44.6 Å². The molecule has 3 aliphatic rings. The fourth-order valence-corrected chi connectivity index (χ4v) is 4.69. The number of ether oxygens (including phenoxy) is 1. The first-order valence-corrected chi connectivity index (χ1v) is 12.7. The van der Waals surface area contributed by atoms with Crippen LogP contribution in [0.2, 0.25) is 0 Å². The summed E-state index contributed by atoms with van der Waals surface area (Å²) < 4.78 is 8.60. The van der Waals surface area contributed by atoms with Gasteiger partial charge in [0.25, 0.3) is 0 Å². The molecule has 12 heteroatoms. The number of benzene rings is 1. The van der Waals surface area contributed by atoms with Crippen LogP contribution in [0.15, 0.2) is 52.1 Å². The van der Waals surface area contributed by atoms with Crippen LogP contribution in [-0.2, 0) is 9.53 Å². The van der Waals surface area contributed by atoms with Crippen LogP contribution in [0.1, 0.15) is 35.7 Å². The molecule has 0 bridgehead atoms. The zero-order valence-corrected chi connectivity index (χ0v) is 22.5. The lowest BCUT2D eigenvalue weighted by Crippen LogP contribution is -2.56. The van der Waals surface area contributed by atoms with Crippen LogP contribution >= 0.6 is 9.39 Å². The maximum atomic E-state index is 13.0. The van der Waals surface area contributed by atoms with Gasteiger partial charge in [0.1, 0.15) is 11.5 Å². The van der Waals surface area contributed by atoms with Crippen LogP contribution in [0.3, 0.4) is 0 Å². The molecule has 1 unspecified atom stereocenters. The number of hydrogen-bond acceptors (Lipinski definition) is 8. The summed E-state index contributed by atoms with van der Waals surface area (Å²) in [4.78, 5) is 32.8. The molecule has 2 amide bonds. The molecule has 0 spiro atoms. The van der Waals surface area contributed by atoms with Crippen molar-refractivity contribution >= 4 is 39.1 Å². The zero-order valence-electron chi connectivity index (χ0n) is 21.4. The number of carbonyl (C=O) groups is 2. The molecule has 7 N–H and O–H groups in total. The molecule has 1 aromatic carbocycles. The molecule has 0 aromatic heterocycles. The fourth-order valence-electron chi connectivity index (χ4n) is 4.69. The molecular weight excluding hydrogens is 491 g/mol. The third-order valence-corrected chi connectivity index (χ3v) is 6.81. The summed E-state index contributed by atoms with van der Waals surface area (Å²) in [5.41, 5.74) is 18.9. The standard InChI is InChI=1S/C24H32N6O3.CH5N2P/c1-24(14-33-15-24)23(32)30-10-3-4-16(13-30)12-29-11-9-28-21(25)20(29)19(27-2)17-5-7-18(8-6-17)22(26)31;2-1-3-4/h5-9,11,16,27H,3-4,10,12-15H2,1-2H3,(H2,25,28)(H2,26,31);1H,4H2,(H2,2,3)/b20-19-;/t16-;/m0./s1. The quantitative estimate of drug-likeness (QED) is 0.241. The van der Waals surface area contributed by atoms with Crippen molar-refractivity contribution in [1.29, 1.82) is 0 Å². The number of piperidine rings is 1. The monoisotopic (exact) mass is 528 g/mol. The summed E-state index contributed by atoms with van der Waals surface area (Å²) in [7, 11) is 3.93. The van der Waals surface area contributed by atoms with Gasteiger partial charge in [-0.15, -0.1) is 0 Å². The largest absolute Gasteiger partial charge is 0.390 e. The van der Waals surface area contributed by atoms with Crippen LogP contribution in [0.4, 0.5) is 0 Å². The second kappa shape index (κ2) is 12.7. The highest BCUT2D eigenvalue weighted by atomic mass is 31.0. The van der Waals surface area contributed by atoms with E-state index in [4.69, 9.17) is 21.9 Å². The van der Waals surface area contributed by atoms with Crippen molar-refractivity contribution in [2.24, 2.45) is 38.3 Å². The number of aliphatic imine (C=N–C) groups is 1. The third kappa shape index (κ3) is 6.67. The first kappa shape index (κ1) is 28.1. The first-order valence-electron chi connectivity index (χ1n) is 12.1. The number of nitrogens with zero attached hydrogens (tertiary/aromatic N) is 4. The zero-order chi connectivity index (χ0) is 27.0. The lowest BCUT2D eigenvalue weighted by molar-refractivity contribution is -0.170. The van der Waals surface area contributed by atoms with Gasteiger partial charge in [-0.25, -0.2) is 4.99 Å². The van der Waals surface area contributed by atoms with E-state index in [1.807, 2.05) is 37.2 Å². The van der Waals surface area contributed by atoms with Crippen LogP contribution in [0.5, 0.6) is 0 Å². The lowest BCUT2D eigenvalue weighted by Gasteiger charge is -2.43. The minimum atomic E-state index is -0.470. The van der Waals surface area contributed by atoms with Gasteiger partial charge in [0.2, 0.25) is 11.8 Å². The van der Waals surface area contributed by atoms with Crippen molar-refractivity contribution in [3.63, 3.8) is 0 Å². The topological polar surface area (TPSA) is 165 Å². The van der Waals surface area contributed by atoms with E-state index in [1.54, 1.807) is 18.3 Å².